The molecule has 5 heteroatoms. The number of fused-ring (bicyclic) bond motifs is 1. The molecule has 0 saturated heterocycles. The van der Waals surface area contributed by atoms with Gasteiger partial charge in [0.2, 0.25) is 0 Å². The Labute approximate surface area is 340 Å². The van der Waals surface area contributed by atoms with E-state index < -0.39 is 44.3 Å². The molecule has 0 spiro atoms. The number of thiophene rings is 1. The van der Waals surface area contributed by atoms with Crippen LogP contribution < -0.4 is 25.6 Å². The summed E-state index contributed by atoms with van der Waals surface area (Å²) >= 11 is 15.6. The first-order valence-corrected chi connectivity index (χ1v) is 20.7. The van der Waals surface area contributed by atoms with Crippen LogP contribution in [0.3, 0.4) is 0 Å². The summed E-state index contributed by atoms with van der Waals surface area (Å²) in [6.07, 6.45) is 0. The molecule has 0 amide bonds. The highest BCUT2D eigenvalue weighted by molar-refractivity contribution is 7.20. The van der Waals surface area contributed by atoms with E-state index in [4.69, 9.17) is 31.4 Å². The van der Waals surface area contributed by atoms with Gasteiger partial charge in [0.25, 0.3) is 0 Å². The van der Waals surface area contributed by atoms with Gasteiger partial charge in [0, 0.05) is 21.1 Å². The molecule has 0 bridgehead atoms. The zero-order valence-electron chi connectivity index (χ0n) is 38.2. The summed E-state index contributed by atoms with van der Waals surface area (Å²) < 4.78 is 80.5. The first-order chi connectivity index (χ1) is 29.5. The van der Waals surface area contributed by atoms with E-state index in [-0.39, 0.29) is 59.8 Å². The maximum atomic E-state index is 9.77. The highest BCUT2D eigenvalue weighted by Gasteiger charge is 2.42. The predicted octanol–water partition coefficient (Wildman–Crippen LogP) is 12.0. The molecule has 0 unspecified atom stereocenters. The third kappa shape index (κ3) is 6.53. The van der Waals surface area contributed by atoms with Gasteiger partial charge in [0.05, 0.1) is 33.8 Å². The SMILES string of the molecule is [2H]c1sc2c([2H])c([2H])c(-c3c([2H])c([2H])c([2H])c([2H])c3[2H])c([2H])c2c1N(c1ccc(C(C)(C)C)cc1)c1cc([Si](c2ccccc2)(c2ccccc2)c2ccccc2)cc(Cl)c1Cl. The van der Waals surface area contributed by atoms with Crippen molar-refractivity contribution in [2.45, 2.75) is 26.2 Å². The maximum Gasteiger partial charge on any atom is 0.179 e. The molecule has 8 aromatic rings. The Morgan fingerprint density at radius 2 is 1.17 bits per heavy atom. The average Bonchev–Trinajstić information content (AvgIpc) is 3.62. The Morgan fingerprint density at radius 3 is 1.72 bits per heavy atom. The van der Waals surface area contributed by atoms with Crippen molar-refractivity contribution in [3.63, 3.8) is 0 Å². The van der Waals surface area contributed by atoms with Crippen LogP contribution in [0.2, 0.25) is 10.0 Å². The van der Waals surface area contributed by atoms with Gasteiger partial charge in [-0.15, -0.1) is 11.3 Å². The molecule has 0 aliphatic carbocycles. The van der Waals surface area contributed by atoms with Gasteiger partial charge in [0.15, 0.2) is 8.07 Å². The minimum absolute atomic E-state index is 0.0465. The number of nitrogens with zero attached hydrogens (tertiary/aromatic N) is 1. The molecule has 7 aromatic carbocycles. The molecule has 0 fully saturated rings. The van der Waals surface area contributed by atoms with Crippen molar-refractivity contribution in [3.05, 3.63) is 197 Å². The van der Waals surface area contributed by atoms with Gasteiger partial charge < -0.3 is 4.90 Å². The van der Waals surface area contributed by atoms with Crippen molar-refractivity contribution in [1.29, 1.82) is 0 Å². The van der Waals surface area contributed by atoms with Crippen LogP contribution in [0.5, 0.6) is 0 Å². The third-order valence-corrected chi connectivity index (χ3v) is 15.9. The van der Waals surface area contributed by atoms with Gasteiger partial charge in [-0.25, -0.2) is 0 Å². The van der Waals surface area contributed by atoms with Gasteiger partial charge in [-0.1, -0.05) is 183 Å². The molecule has 1 aromatic heterocycles. The Morgan fingerprint density at radius 1 is 0.604 bits per heavy atom. The Hall–Kier alpha value is -4.90. The molecule has 0 N–H and O–H groups in total. The molecular weight excluding hydrogens is 722 g/mol. The third-order valence-electron chi connectivity index (χ3n) is 9.53. The van der Waals surface area contributed by atoms with E-state index in [9.17, 15) is 4.11 Å². The van der Waals surface area contributed by atoms with Crippen LogP contribution in [0, 0.1) is 0 Å². The fraction of sp³-hybridized carbons (Fsp3) is 0.0833. The second kappa shape index (κ2) is 14.5. The number of hydrogen-bond donors (Lipinski definition) is 0. The van der Waals surface area contributed by atoms with E-state index in [1.165, 1.54) is 0 Å². The highest BCUT2D eigenvalue weighted by atomic mass is 35.5. The standard InChI is InChI=1S/C48H39Cl2NSSi/c1-48(2,3)36-25-27-37(28-26-36)51(45-33-52-46-29-24-35(30-42(45)46)34-16-8-4-9-17-34)44-32-41(31-43(49)47(44)50)53(38-18-10-5-11-19-38,39-20-12-6-13-21-39)40-22-14-7-15-23-40/h4-33H,1-3H3/i4D,8D,9D,16D,17D,24D,29D,30D,33D. The summed E-state index contributed by atoms with van der Waals surface area (Å²) in [4.78, 5) is 1.78. The minimum atomic E-state index is -3.23. The minimum Gasteiger partial charge on any atom is -0.307 e. The van der Waals surface area contributed by atoms with Crippen LogP contribution in [0.1, 0.15) is 38.7 Å². The lowest BCUT2D eigenvalue weighted by Gasteiger charge is -2.36. The fourth-order valence-corrected chi connectivity index (χ4v) is 13.0. The first-order valence-electron chi connectivity index (χ1n) is 21.7. The van der Waals surface area contributed by atoms with Gasteiger partial charge >= 0.3 is 0 Å². The zero-order chi connectivity index (χ0) is 44.4. The van der Waals surface area contributed by atoms with E-state index in [2.05, 4.69) is 57.2 Å². The Bertz CT molecular complexity index is 2890. The lowest BCUT2D eigenvalue weighted by atomic mass is 9.87. The van der Waals surface area contributed by atoms with Crippen molar-refractivity contribution in [2.75, 3.05) is 4.90 Å². The average molecular weight is 770 g/mol. The van der Waals surface area contributed by atoms with Gasteiger partial charge in [-0.3, -0.25) is 0 Å². The molecule has 260 valence electrons. The van der Waals surface area contributed by atoms with Crippen LogP contribution >= 0.6 is 34.5 Å². The van der Waals surface area contributed by atoms with Crippen LogP contribution in [0.25, 0.3) is 21.2 Å². The lowest BCUT2D eigenvalue weighted by Crippen LogP contribution is -2.74. The van der Waals surface area contributed by atoms with Crippen molar-refractivity contribution in [2.24, 2.45) is 0 Å². The number of anilines is 3. The van der Waals surface area contributed by atoms with Crippen LogP contribution in [0.4, 0.5) is 17.1 Å². The van der Waals surface area contributed by atoms with E-state index in [0.29, 0.717) is 11.4 Å². The van der Waals surface area contributed by atoms with Crippen LogP contribution in [-0.4, -0.2) is 8.07 Å². The normalized spacial score (nSPS) is 14.2. The van der Waals surface area contributed by atoms with E-state index in [1.54, 1.807) is 4.90 Å². The molecule has 1 heterocycles. The molecule has 0 radical (unpaired) electrons. The molecule has 0 atom stereocenters. The fourth-order valence-electron chi connectivity index (χ4n) is 6.96. The molecule has 1 nitrogen and oxygen atoms in total. The van der Waals surface area contributed by atoms with E-state index in [0.717, 1.165) is 37.6 Å². The number of benzene rings is 7. The summed E-state index contributed by atoms with van der Waals surface area (Å²) in [5.41, 5.74) is 1.31. The second-order valence-corrected chi connectivity index (χ2v) is 19.2. The predicted molar refractivity (Wildman–Crippen MR) is 234 cm³/mol. The topological polar surface area (TPSA) is 3.24 Å². The van der Waals surface area contributed by atoms with Crippen molar-refractivity contribution < 1.29 is 12.3 Å². The molecule has 0 aliphatic rings. The van der Waals surface area contributed by atoms with Gasteiger partial charge in [-0.2, -0.15) is 0 Å². The summed E-state index contributed by atoms with van der Waals surface area (Å²) in [5, 5.41) is 4.62. The molecule has 0 saturated carbocycles. The Balaban J connectivity index is 1.52. The molecule has 0 aliphatic heterocycles. The Kier molecular flexibility index (Phi) is 7.10. The lowest BCUT2D eigenvalue weighted by molar-refractivity contribution is 0.590. The van der Waals surface area contributed by atoms with Crippen molar-refractivity contribution >= 4 is 90.5 Å². The van der Waals surface area contributed by atoms with E-state index >= 15 is 0 Å². The monoisotopic (exact) mass is 768 g/mol. The number of rotatable bonds is 8. The van der Waals surface area contributed by atoms with Crippen molar-refractivity contribution in [3.8, 4) is 11.1 Å². The summed E-state index contributed by atoms with van der Waals surface area (Å²) in [7, 11) is -3.23. The van der Waals surface area contributed by atoms with Gasteiger partial charge in [0.1, 0.15) is 0 Å². The maximum absolute atomic E-state index is 9.77. The highest BCUT2D eigenvalue weighted by Crippen LogP contribution is 2.47. The number of halogens is 2. The summed E-state index contributed by atoms with van der Waals surface area (Å²) in [6.45, 7) is 6.32. The first kappa shape index (κ1) is 26.0. The van der Waals surface area contributed by atoms with E-state index in [1.807, 2.05) is 91.0 Å². The second-order valence-electron chi connectivity index (χ2n) is 13.8. The summed E-state index contributed by atoms with van der Waals surface area (Å²) in [6, 6.07) is 38.4. The van der Waals surface area contributed by atoms with Gasteiger partial charge in [-0.05, 0) is 79.2 Å². The number of hydrogen-bond acceptors (Lipinski definition) is 2. The van der Waals surface area contributed by atoms with Crippen LogP contribution in [-0.2, 0) is 5.41 Å². The molecule has 8 rings (SSSR count). The summed E-state index contributed by atoms with van der Waals surface area (Å²) in [5.74, 6) is 0. The van der Waals surface area contributed by atoms with Crippen LogP contribution in [0.15, 0.2) is 181 Å². The smallest absolute Gasteiger partial charge is 0.179 e. The molecular formula is C48H39Cl2NSSi. The quantitative estimate of drug-likeness (QED) is 0.110. The van der Waals surface area contributed by atoms with Crippen molar-refractivity contribution in [1.82, 2.24) is 0 Å². The zero-order valence-corrected chi connectivity index (χ0v) is 32.6. The molecule has 53 heavy (non-hydrogen) atoms. The largest absolute Gasteiger partial charge is 0.307 e.